The molecular formula is C21H26ClN3O. The van der Waals surface area contributed by atoms with Crippen molar-refractivity contribution in [1.82, 2.24) is 5.32 Å². The van der Waals surface area contributed by atoms with Crippen LogP contribution in [0.15, 0.2) is 41.6 Å². The summed E-state index contributed by atoms with van der Waals surface area (Å²) in [6.07, 6.45) is 2.05. The molecule has 0 bridgehead atoms. The number of nitrogens with zero attached hydrogens (tertiary/aromatic N) is 1. The summed E-state index contributed by atoms with van der Waals surface area (Å²) in [6, 6.07) is 12.5. The Hall–Kier alpha value is -2.04. The zero-order valence-corrected chi connectivity index (χ0v) is 16.2. The fourth-order valence-electron chi connectivity index (χ4n) is 3.20. The monoisotopic (exact) mass is 371 g/mol. The molecule has 0 fully saturated rings. The summed E-state index contributed by atoms with van der Waals surface area (Å²) in [5.41, 5.74) is 6.97. The normalized spacial score (nSPS) is 14.5. The largest absolute Gasteiger partial charge is 0.396 e. The fraction of sp³-hybridized carbons (Fsp3) is 0.381. The lowest BCUT2D eigenvalue weighted by Crippen LogP contribution is -2.16. The Morgan fingerprint density at radius 3 is 2.69 bits per heavy atom. The Bertz CT molecular complexity index is 772. The van der Waals surface area contributed by atoms with Crippen LogP contribution in [-0.2, 0) is 24.2 Å². The van der Waals surface area contributed by atoms with Crippen molar-refractivity contribution in [1.29, 1.82) is 0 Å². The number of oxime groups is 1. The average molecular weight is 372 g/mol. The molecule has 1 aliphatic heterocycles. The molecule has 0 aromatic heterocycles. The summed E-state index contributed by atoms with van der Waals surface area (Å²) < 4.78 is 0. The van der Waals surface area contributed by atoms with E-state index in [4.69, 9.17) is 16.4 Å². The second-order valence-electron chi connectivity index (χ2n) is 6.46. The summed E-state index contributed by atoms with van der Waals surface area (Å²) in [7, 11) is 0. The van der Waals surface area contributed by atoms with Crippen LogP contribution < -0.4 is 10.6 Å². The van der Waals surface area contributed by atoms with Gasteiger partial charge in [-0.2, -0.15) is 0 Å². The highest BCUT2D eigenvalue weighted by molar-refractivity contribution is 6.33. The van der Waals surface area contributed by atoms with Crippen LogP contribution in [0.4, 0.5) is 5.69 Å². The minimum absolute atomic E-state index is 0.580. The molecule has 138 valence electrons. The van der Waals surface area contributed by atoms with E-state index in [1.165, 1.54) is 16.7 Å². The van der Waals surface area contributed by atoms with Crippen LogP contribution in [0.5, 0.6) is 0 Å². The first-order chi connectivity index (χ1) is 12.7. The smallest absolute Gasteiger partial charge is 0.114 e. The number of fused-ring (bicyclic) bond motifs is 1. The quantitative estimate of drug-likeness (QED) is 0.584. The second kappa shape index (κ2) is 9.06. The van der Waals surface area contributed by atoms with Gasteiger partial charge in [-0.15, -0.1) is 0 Å². The van der Waals surface area contributed by atoms with Crippen molar-refractivity contribution in [2.45, 2.75) is 33.2 Å². The van der Waals surface area contributed by atoms with E-state index in [0.717, 1.165) is 54.5 Å². The second-order valence-corrected chi connectivity index (χ2v) is 6.86. The van der Waals surface area contributed by atoms with Gasteiger partial charge in [0, 0.05) is 6.54 Å². The van der Waals surface area contributed by atoms with Crippen LogP contribution in [0.2, 0.25) is 5.02 Å². The molecule has 0 radical (unpaired) electrons. The van der Waals surface area contributed by atoms with Crippen LogP contribution in [-0.4, -0.2) is 25.4 Å². The van der Waals surface area contributed by atoms with Crippen molar-refractivity contribution in [2.24, 2.45) is 5.16 Å². The highest BCUT2D eigenvalue weighted by Crippen LogP contribution is 2.31. The van der Waals surface area contributed by atoms with Gasteiger partial charge in [-0.05, 0) is 68.1 Å². The molecule has 1 aliphatic rings. The van der Waals surface area contributed by atoms with Gasteiger partial charge >= 0.3 is 0 Å². The number of halogens is 1. The van der Waals surface area contributed by atoms with Crippen molar-refractivity contribution in [3.63, 3.8) is 0 Å². The molecule has 2 aromatic carbocycles. The van der Waals surface area contributed by atoms with Crippen molar-refractivity contribution >= 4 is 23.0 Å². The van der Waals surface area contributed by atoms with Crippen LogP contribution >= 0.6 is 11.6 Å². The van der Waals surface area contributed by atoms with E-state index in [2.05, 4.69) is 46.1 Å². The zero-order valence-electron chi connectivity index (χ0n) is 15.4. The van der Waals surface area contributed by atoms with E-state index in [0.29, 0.717) is 6.61 Å². The van der Waals surface area contributed by atoms with Gasteiger partial charge in [0.15, 0.2) is 0 Å². The highest BCUT2D eigenvalue weighted by atomic mass is 35.5. The topological polar surface area (TPSA) is 45.6 Å². The first-order valence-corrected chi connectivity index (χ1v) is 9.57. The van der Waals surface area contributed by atoms with Gasteiger partial charge in [-0.25, -0.2) is 0 Å². The molecule has 5 heteroatoms. The van der Waals surface area contributed by atoms with Crippen LogP contribution in [0, 0.1) is 0 Å². The molecular weight excluding hydrogens is 346 g/mol. The molecule has 0 unspecified atom stereocenters. The standard InChI is InChI=1S/C21H26ClN3O/c1-3-26-25-15(2)17-6-4-16(5-7-17)14-24-21-19-11-13-23-12-10-18(19)8-9-20(21)22/h4-9,23-24H,3,10-14H2,1-2H3. The van der Waals surface area contributed by atoms with Gasteiger partial charge in [0.05, 0.1) is 16.4 Å². The minimum atomic E-state index is 0.580. The number of benzene rings is 2. The summed E-state index contributed by atoms with van der Waals surface area (Å²) in [6.45, 7) is 7.23. The maximum Gasteiger partial charge on any atom is 0.114 e. The van der Waals surface area contributed by atoms with Crippen LogP contribution in [0.1, 0.15) is 36.1 Å². The van der Waals surface area contributed by atoms with E-state index in [-0.39, 0.29) is 0 Å². The molecule has 1 heterocycles. The van der Waals surface area contributed by atoms with Gasteiger partial charge in [0.1, 0.15) is 6.61 Å². The van der Waals surface area contributed by atoms with E-state index in [1.54, 1.807) is 0 Å². The van der Waals surface area contributed by atoms with Crippen molar-refractivity contribution in [3.8, 4) is 0 Å². The lowest BCUT2D eigenvalue weighted by Gasteiger charge is -2.16. The third-order valence-corrected chi connectivity index (χ3v) is 4.97. The average Bonchev–Trinajstić information content (AvgIpc) is 2.91. The molecule has 4 nitrogen and oxygen atoms in total. The molecule has 0 saturated carbocycles. The summed E-state index contributed by atoms with van der Waals surface area (Å²) >= 11 is 6.48. The Kier molecular flexibility index (Phi) is 6.53. The Morgan fingerprint density at radius 1 is 1.15 bits per heavy atom. The van der Waals surface area contributed by atoms with Crippen molar-refractivity contribution in [2.75, 3.05) is 25.0 Å². The minimum Gasteiger partial charge on any atom is -0.396 e. The summed E-state index contributed by atoms with van der Waals surface area (Å²) in [4.78, 5) is 5.12. The number of hydrogen-bond acceptors (Lipinski definition) is 4. The van der Waals surface area contributed by atoms with Gasteiger partial charge in [-0.1, -0.05) is 47.1 Å². The molecule has 0 spiro atoms. The Labute approximate surface area is 160 Å². The molecule has 3 rings (SSSR count). The Balaban J connectivity index is 1.71. The zero-order chi connectivity index (χ0) is 18.4. The molecule has 0 atom stereocenters. The van der Waals surface area contributed by atoms with Crippen LogP contribution in [0.3, 0.4) is 0 Å². The molecule has 2 aromatic rings. The van der Waals surface area contributed by atoms with Crippen molar-refractivity contribution < 1.29 is 4.84 Å². The maximum atomic E-state index is 6.48. The van der Waals surface area contributed by atoms with Gasteiger partial charge in [0.25, 0.3) is 0 Å². The van der Waals surface area contributed by atoms with E-state index < -0.39 is 0 Å². The maximum absolute atomic E-state index is 6.48. The third kappa shape index (κ3) is 4.57. The number of rotatable bonds is 6. The molecule has 2 N–H and O–H groups in total. The fourth-order valence-corrected chi connectivity index (χ4v) is 3.45. The molecule has 26 heavy (non-hydrogen) atoms. The number of nitrogens with one attached hydrogen (secondary N) is 2. The van der Waals surface area contributed by atoms with Gasteiger partial charge < -0.3 is 15.5 Å². The SMILES string of the molecule is CCON=C(C)c1ccc(CNc2c(Cl)ccc3c2CCNCC3)cc1. The van der Waals surface area contributed by atoms with E-state index in [9.17, 15) is 0 Å². The van der Waals surface area contributed by atoms with Gasteiger partial charge in [0.2, 0.25) is 0 Å². The van der Waals surface area contributed by atoms with E-state index >= 15 is 0 Å². The molecule has 0 aliphatic carbocycles. The summed E-state index contributed by atoms with van der Waals surface area (Å²) in [5, 5.41) is 11.9. The van der Waals surface area contributed by atoms with Crippen molar-refractivity contribution in [3.05, 3.63) is 63.7 Å². The number of anilines is 1. The predicted octanol–water partition coefficient (Wildman–Crippen LogP) is 4.40. The lowest BCUT2D eigenvalue weighted by atomic mass is 10.0. The van der Waals surface area contributed by atoms with Crippen LogP contribution in [0.25, 0.3) is 0 Å². The van der Waals surface area contributed by atoms with Gasteiger partial charge in [-0.3, -0.25) is 0 Å². The first kappa shape index (κ1) is 18.7. The highest BCUT2D eigenvalue weighted by Gasteiger charge is 2.14. The first-order valence-electron chi connectivity index (χ1n) is 9.19. The third-order valence-electron chi connectivity index (χ3n) is 4.65. The predicted molar refractivity (Wildman–Crippen MR) is 109 cm³/mol. The van der Waals surface area contributed by atoms with E-state index in [1.807, 2.05) is 19.9 Å². The molecule has 0 saturated heterocycles. The molecule has 0 amide bonds. The lowest BCUT2D eigenvalue weighted by molar-refractivity contribution is 0.159. The Morgan fingerprint density at radius 2 is 1.92 bits per heavy atom. The summed E-state index contributed by atoms with van der Waals surface area (Å²) in [5.74, 6) is 0. The number of hydrogen-bond donors (Lipinski definition) is 2.